The molecule has 57 heavy (non-hydrogen) atoms. The third kappa shape index (κ3) is 3.79. The Bertz CT molecular complexity index is 3050. The minimum atomic E-state index is -2.62. The van der Waals surface area contributed by atoms with Gasteiger partial charge in [0.05, 0.1) is 16.8 Å². The van der Waals surface area contributed by atoms with Crippen LogP contribution >= 0.6 is 0 Å². The van der Waals surface area contributed by atoms with E-state index in [0.29, 0.717) is 0 Å². The van der Waals surface area contributed by atoms with Gasteiger partial charge >= 0.3 is 0 Å². The minimum absolute atomic E-state index is 0.475. The number of anilines is 3. The van der Waals surface area contributed by atoms with Gasteiger partial charge in [-0.3, -0.25) is 0 Å². The van der Waals surface area contributed by atoms with Gasteiger partial charge in [-0.1, -0.05) is 182 Å². The summed E-state index contributed by atoms with van der Waals surface area (Å²) in [5.41, 5.74) is 19.1. The Hall–Kier alpha value is -7.00. The predicted octanol–water partition coefficient (Wildman–Crippen LogP) is 10.8. The van der Waals surface area contributed by atoms with Crippen LogP contribution in [0.15, 0.2) is 212 Å². The van der Waals surface area contributed by atoms with Crippen molar-refractivity contribution in [1.29, 1.82) is 0 Å². The lowest BCUT2D eigenvalue weighted by molar-refractivity contribution is 0.753. The lowest BCUT2D eigenvalue weighted by atomic mass is 9.64. The molecule has 264 valence electrons. The van der Waals surface area contributed by atoms with Crippen LogP contribution in [0.3, 0.4) is 0 Å². The molecule has 0 atom stereocenters. The first-order chi connectivity index (χ1) is 28.3. The van der Waals surface area contributed by atoms with Crippen LogP contribution in [0.2, 0.25) is 0 Å². The van der Waals surface area contributed by atoms with E-state index in [1.807, 2.05) is 0 Å². The van der Waals surface area contributed by atoms with E-state index in [4.69, 9.17) is 0 Å². The Kier molecular flexibility index (Phi) is 6.18. The summed E-state index contributed by atoms with van der Waals surface area (Å²) < 4.78 is 0. The van der Waals surface area contributed by atoms with Gasteiger partial charge in [0.15, 0.2) is 8.07 Å². The number of nitrogens with zero attached hydrogens (tertiary/aromatic N) is 1. The molecule has 4 aliphatic rings. The molecule has 9 aromatic rings. The summed E-state index contributed by atoms with van der Waals surface area (Å²) in [4.78, 5) is 2.56. The molecule has 0 fully saturated rings. The predicted molar refractivity (Wildman–Crippen MR) is 239 cm³/mol. The zero-order valence-electron chi connectivity index (χ0n) is 31.2. The van der Waals surface area contributed by atoms with E-state index in [0.717, 1.165) is 0 Å². The van der Waals surface area contributed by atoms with Gasteiger partial charge in [-0.15, -0.1) is 0 Å². The van der Waals surface area contributed by atoms with E-state index in [-0.39, 0.29) is 0 Å². The molecule has 0 radical (unpaired) electrons. The van der Waals surface area contributed by atoms with E-state index in [1.54, 1.807) is 0 Å². The van der Waals surface area contributed by atoms with Crippen LogP contribution in [0.5, 0.6) is 0 Å². The van der Waals surface area contributed by atoms with Crippen molar-refractivity contribution in [3.8, 4) is 44.5 Å². The topological polar surface area (TPSA) is 3.24 Å². The second-order valence-corrected chi connectivity index (χ2v) is 19.6. The largest absolute Gasteiger partial charge is 0.310 e. The standard InChI is InChI=1S/C55H35NSi/c1-2-16-36(17-3-1)37-30-33-46-44(34-37)39-18-4-8-22-45(39)55(46)47-23-9-11-25-49(47)56(50-26-12-10-24-48(50)55)38-31-32-43-42-21-7-15-29-53(42)57(54(43)35-38)51-27-13-5-19-40(51)41-20-6-14-28-52(41)57/h1-35H. The Labute approximate surface area is 333 Å². The normalized spacial score (nSPS) is 14.9. The summed E-state index contributed by atoms with van der Waals surface area (Å²) in [7, 11) is -2.62. The Morgan fingerprint density at radius 3 is 1.39 bits per heavy atom. The molecule has 2 spiro atoms. The molecule has 13 rings (SSSR count). The van der Waals surface area contributed by atoms with Crippen LogP contribution in [0.1, 0.15) is 22.3 Å². The van der Waals surface area contributed by atoms with Crippen LogP contribution < -0.4 is 25.6 Å². The maximum absolute atomic E-state index is 2.62. The molecule has 3 aliphatic heterocycles. The molecule has 9 aromatic carbocycles. The summed E-state index contributed by atoms with van der Waals surface area (Å²) in [6, 6.07) is 80.5. The fraction of sp³-hybridized carbons (Fsp3) is 0.0182. The van der Waals surface area contributed by atoms with E-state index >= 15 is 0 Å². The van der Waals surface area contributed by atoms with Crippen LogP contribution in [-0.4, -0.2) is 8.07 Å². The molecule has 1 nitrogen and oxygen atoms in total. The molecular weight excluding hydrogens is 703 g/mol. The highest BCUT2D eigenvalue weighted by atomic mass is 28.3. The van der Waals surface area contributed by atoms with Gasteiger partial charge in [0, 0.05) is 5.69 Å². The minimum Gasteiger partial charge on any atom is -0.310 e. The highest BCUT2D eigenvalue weighted by Crippen LogP contribution is 2.63. The number of rotatable bonds is 2. The number of para-hydroxylation sites is 2. The van der Waals surface area contributed by atoms with Gasteiger partial charge in [-0.25, -0.2) is 0 Å². The molecule has 2 heteroatoms. The molecule has 0 saturated heterocycles. The molecule has 0 amide bonds. The summed E-state index contributed by atoms with van der Waals surface area (Å²) in [6.07, 6.45) is 0. The Morgan fingerprint density at radius 1 is 0.298 bits per heavy atom. The number of fused-ring (bicyclic) bond motifs is 19. The average Bonchev–Trinajstić information content (AvgIpc) is 3.87. The van der Waals surface area contributed by atoms with E-state index < -0.39 is 13.5 Å². The van der Waals surface area contributed by atoms with Gasteiger partial charge < -0.3 is 4.90 Å². The van der Waals surface area contributed by atoms with Crippen LogP contribution in [0.25, 0.3) is 44.5 Å². The lowest BCUT2D eigenvalue weighted by Gasteiger charge is -2.45. The van der Waals surface area contributed by atoms with Crippen LogP contribution in [0, 0.1) is 0 Å². The quantitative estimate of drug-likeness (QED) is 0.160. The van der Waals surface area contributed by atoms with E-state index in [1.165, 1.54) is 105 Å². The van der Waals surface area contributed by atoms with Crippen molar-refractivity contribution in [3.63, 3.8) is 0 Å². The lowest BCUT2D eigenvalue weighted by Crippen LogP contribution is -2.70. The SMILES string of the molecule is c1ccc(-c2ccc3c(c2)-c2ccccc2C32c3ccccc3N(c3ccc4c(c3)[Si]3(c5ccccc5-c5ccccc53)c3ccccc3-4)c3ccccc32)cc1. The first-order valence-electron chi connectivity index (χ1n) is 20.0. The van der Waals surface area contributed by atoms with E-state index in [9.17, 15) is 0 Å². The molecule has 0 bridgehead atoms. The van der Waals surface area contributed by atoms with Crippen LogP contribution in [0.4, 0.5) is 17.1 Å². The molecule has 0 N–H and O–H groups in total. The summed E-state index contributed by atoms with van der Waals surface area (Å²) >= 11 is 0. The molecule has 0 unspecified atom stereocenters. The molecular formula is C55H35NSi. The van der Waals surface area contributed by atoms with Crippen molar-refractivity contribution in [2.45, 2.75) is 5.41 Å². The highest BCUT2D eigenvalue weighted by molar-refractivity contribution is 7.24. The maximum atomic E-state index is 2.58. The van der Waals surface area contributed by atoms with Gasteiger partial charge in [0.2, 0.25) is 0 Å². The molecule has 3 heterocycles. The first kappa shape index (κ1) is 31.2. The van der Waals surface area contributed by atoms with E-state index in [2.05, 4.69) is 217 Å². The number of benzene rings is 9. The Balaban J connectivity index is 1.08. The van der Waals surface area contributed by atoms with Gasteiger partial charge in [-0.05, 0) is 118 Å². The van der Waals surface area contributed by atoms with Gasteiger partial charge in [0.1, 0.15) is 0 Å². The highest BCUT2D eigenvalue weighted by Gasteiger charge is 2.55. The third-order valence-corrected chi connectivity index (χ3v) is 18.4. The fourth-order valence-corrected chi connectivity index (χ4v) is 17.1. The average molecular weight is 738 g/mol. The zero-order chi connectivity index (χ0) is 37.3. The smallest absolute Gasteiger partial charge is 0.182 e. The molecule has 0 saturated carbocycles. The van der Waals surface area contributed by atoms with Gasteiger partial charge in [0.25, 0.3) is 0 Å². The van der Waals surface area contributed by atoms with Crippen molar-refractivity contribution in [3.05, 3.63) is 235 Å². The monoisotopic (exact) mass is 737 g/mol. The van der Waals surface area contributed by atoms with Crippen molar-refractivity contribution >= 4 is 45.9 Å². The Morgan fingerprint density at radius 2 is 0.772 bits per heavy atom. The first-order valence-corrected chi connectivity index (χ1v) is 22.0. The second-order valence-electron chi connectivity index (χ2n) is 15.9. The third-order valence-electron chi connectivity index (χ3n) is 13.5. The summed E-state index contributed by atoms with van der Waals surface area (Å²) in [5.74, 6) is 0. The maximum Gasteiger partial charge on any atom is 0.182 e. The molecule has 0 aromatic heterocycles. The van der Waals surface area contributed by atoms with Crippen molar-refractivity contribution in [2.24, 2.45) is 0 Å². The van der Waals surface area contributed by atoms with Crippen molar-refractivity contribution < 1.29 is 0 Å². The number of hydrogen-bond donors (Lipinski definition) is 0. The number of hydrogen-bond acceptors (Lipinski definition) is 1. The van der Waals surface area contributed by atoms with Gasteiger partial charge in [-0.2, -0.15) is 0 Å². The fourth-order valence-electron chi connectivity index (χ4n) is 11.4. The molecule has 1 aliphatic carbocycles. The van der Waals surface area contributed by atoms with Crippen LogP contribution in [-0.2, 0) is 5.41 Å². The van der Waals surface area contributed by atoms with Crippen molar-refractivity contribution in [2.75, 3.05) is 4.90 Å². The van der Waals surface area contributed by atoms with Crippen molar-refractivity contribution in [1.82, 2.24) is 0 Å². The second kappa shape index (κ2) is 11.3. The zero-order valence-corrected chi connectivity index (χ0v) is 32.2. The summed E-state index contributed by atoms with van der Waals surface area (Å²) in [6.45, 7) is 0. The summed E-state index contributed by atoms with van der Waals surface area (Å²) in [5, 5.41) is 5.99.